The summed E-state index contributed by atoms with van der Waals surface area (Å²) < 4.78 is 67.2. The van der Waals surface area contributed by atoms with Crippen LogP contribution in [0.5, 0.6) is 5.75 Å². The minimum absolute atomic E-state index is 0. The van der Waals surface area contributed by atoms with Crippen molar-refractivity contribution in [3.05, 3.63) is 66.7 Å². The van der Waals surface area contributed by atoms with Gasteiger partial charge in [0.2, 0.25) is 0 Å². The molecule has 0 radical (unpaired) electrons. The van der Waals surface area contributed by atoms with Gasteiger partial charge >= 0.3 is 48.9 Å². The van der Waals surface area contributed by atoms with E-state index in [0.717, 1.165) is 29.7 Å². The van der Waals surface area contributed by atoms with Gasteiger partial charge in [0, 0.05) is 10.8 Å². The first-order chi connectivity index (χ1) is 14.5. The Hall–Kier alpha value is -1.81. The van der Waals surface area contributed by atoms with Crippen LogP contribution >= 0.6 is 0 Å². The topological polar surface area (TPSA) is 159 Å². The Kier molecular flexibility index (Phi) is 7.14. The number of rotatable bonds is 4. The van der Waals surface area contributed by atoms with Gasteiger partial charge in [0.25, 0.3) is 10.1 Å². The molecule has 4 rings (SSSR count). The summed E-state index contributed by atoms with van der Waals surface area (Å²) >= 11 is 0. The third-order valence-electron chi connectivity index (χ3n) is 4.57. The maximum atomic E-state index is 12.3. The molecular formula is C20H12BaN2O7S2. The molecule has 0 saturated heterocycles. The SMILES string of the molecule is O=S(=O)([O-])c1ccc2c(S(=O)(=O)O)cc(N=Nc3c([O-])ccc4ccccc34)cc2c1.[Ba+2]. The Morgan fingerprint density at radius 2 is 1.50 bits per heavy atom. The van der Waals surface area contributed by atoms with E-state index in [-0.39, 0.29) is 71.0 Å². The van der Waals surface area contributed by atoms with Gasteiger partial charge in [-0.3, -0.25) is 4.55 Å². The molecule has 32 heavy (non-hydrogen) atoms. The van der Waals surface area contributed by atoms with Crippen molar-refractivity contribution < 1.29 is 31.0 Å². The van der Waals surface area contributed by atoms with Crippen molar-refractivity contribution >= 4 is 102 Å². The van der Waals surface area contributed by atoms with Crippen LogP contribution in [-0.4, -0.2) is 74.8 Å². The maximum Gasteiger partial charge on any atom is 2.00 e. The van der Waals surface area contributed by atoms with Crippen molar-refractivity contribution in [1.29, 1.82) is 0 Å². The Balaban J connectivity index is 0.00000289. The van der Waals surface area contributed by atoms with E-state index in [1.165, 1.54) is 12.1 Å². The molecule has 1 N–H and O–H groups in total. The van der Waals surface area contributed by atoms with Crippen molar-refractivity contribution in [1.82, 2.24) is 0 Å². The monoisotopic (exact) mass is 594 g/mol. The van der Waals surface area contributed by atoms with Crippen LogP contribution < -0.4 is 5.11 Å². The van der Waals surface area contributed by atoms with Gasteiger partial charge in [-0.2, -0.15) is 18.6 Å². The van der Waals surface area contributed by atoms with Gasteiger partial charge in [-0.05, 0) is 35.0 Å². The van der Waals surface area contributed by atoms with Crippen LogP contribution in [0.25, 0.3) is 21.5 Å². The fourth-order valence-electron chi connectivity index (χ4n) is 3.17. The number of nitrogens with zero attached hydrogens (tertiary/aromatic N) is 2. The number of fused-ring (bicyclic) bond motifs is 2. The fraction of sp³-hybridized carbons (Fsp3) is 0. The fourth-order valence-corrected chi connectivity index (χ4v) is 4.41. The smallest absolute Gasteiger partial charge is 0.871 e. The first-order valence-electron chi connectivity index (χ1n) is 8.66. The molecule has 0 bridgehead atoms. The molecule has 0 aliphatic rings. The quantitative estimate of drug-likeness (QED) is 0.216. The molecule has 0 heterocycles. The Labute approximate surface area is 223 Å². The molecule has 0 atom stereocenters. The summed E-state index contributed by atoms with van der Waals surface area (Å²) in [5, 5.41) is 21.4. The summed E-state index contributed by atoms with van der Waals surface area (Å²) in [4.78, 5) is -1.12. The van der Waals surface area contributed by atoms with Crippen LogP contribution in [0.15, 0.2) is 86.7 Å². The molecule has 9 nitrogen and oxygen atoms in total. The number of benzene rings is 4. The van der Waals surface area contributed by atoms with E-state index in [4.69, 9.17) is 0 Å². The zero-order valence-corrected chi connectivity index (χ0v) is 22.2. The van der Waals surface area contributed by atoms with Crippen LogP contribution in [0.3, 0.4) is 0 Å². The summed E-state index contributed by atoms with van der Waals surface area (Å²) in [6.45, 7) is 0. The van der Waals surface area contributed by atoms with Gasteiger partial charge in [0.15, 0.2) is 0 Å². The number of azo groups is 1. The van der Waals surface area contributed by atoms with Crippen molar-refractivity contribution in [2.24, 2.45) is 10.2 Å². The summed E-state index contributed by atoms with van der Waals surface area (Å²) in [6, 6.07) is 15.3. The van der Waals surface area contributed by atoms with Gasteiger partial charge in [-0.15, -0.1) is 0 Å². The summed E-state index contributed by atoms with van der Waals surface area (Å²) in [6.07, 6.45) is 0. The molecule has 0 fully saturated rings. The molecule has 4 aromatic carbocycles. The molecule has 12 heteroatoms. The van der Waals surface area contributed by atoms with Crippen molar-refractivity contribution in [2.45, 2.75) is 9.79 Å². The van der Waals surface area contributed by atoms with Gasteiger partial charge < -0.3 is 9.66 Å². The normalized spacial score (nSPS) is 12.3. The maximum absolute atomic E-state index is 12.3. The number of hydrogen-bond acceptors (Lipinski definition) is 8. The predicted octanol–water partition coefficient (Wildman–Crippen LogP) is 3.25. The summed E-state index contributed by atoms with van der Waals surface area (Å²) in [5.41, 5.74) is -0.0459. The summed E-state index contributed by atoms with van der Waals surface area (Å²) in [7, 11) is -9.51. The minimum Gasteiger partial charge on any atom is -0.871 e. The Morgan fingerprint density at radius 3 is 2.19 bits per heavy atom. The molecule has 4 aromatic rings. The standard InChI is InChI=1S/C20H14N2O7S2.Ba/c23-18-8-5-12-3-1-2-4-17(12)20(18)22-21-14-9-13-10-15(30(24,25)26)6-7-16(13)19(11-14)31(27,28)29;/h1-11,23H,(H,24,25,26)(H,27,28,29);/q;+2/p-2. The molecule has 0 aliphatic heterocycles. The zero-order valence-electron chi connectivity index (χ0n) is 16.2. The second kappa shape index (κ2) is 9.21. The average molecular weight is 594 g/mol. The van der Waals surface area contributed by atoms with Crippen LogP contribution in [-0.2, 0) is 20.2 Å². The van der Waals surface area contributed by atoms with E-state index in [2.05, 4.69) is 10.2 Å². The van der Waals surface area contributed by atoms with Gasteiger partial charge in [0.1, 0.15) is 15.0 Å². The predicted molar refractivity (Wildman–Crippen MR) is 115 cm³/mol. The van der Waals surface area contributed by atoms with Crippen molar-refractivity contribution in [2.75, 3.05) is 0 Å². The van der Waals surface area contributed by atoms with Crippen LogP contribution in [0.1, 0.15) is 0 Å². The van der Waals surface area contributed by atoms with Crippen LogP contribution in [0.2, 0.25) is 0 Å². The molecule has 0 unspecified atom stereocenters. The zero-order chi connectivity index (χ0) is 22.4. The van der Waals surface area contributed by atoms with Gasteiger partial charge in [-0.25, -0.2) is 8.42 Å². The van der Waals surface area contributed by atoms with E-state index in [1.54, 1.807) is 30.3 Å². The molecular weight excluding hydrogens is 582 g/mol. The van der Waals surface area contributed by atoms with E-state index in [0.29, 0.717) is 5.39 Å². The molecule has 0 amide bonds. The third kappa shape index (κ3) is 5.06. The second-order valence-corrected chi connectivity index (χ2v) is 9.36. The molecule has 0 saturated carbocycles. The van der Waals surface area contributed by atoms with E-state index in [1.807, 2.05) is 0 Å². The number of hydrogen-bond donors (Lipinski definition) is 1. The van der Waals surface area contributed by atoms with Crippen LogP contribution in [0.4, 0.5) is 11.4 Å². The van der Waals surface area contributed by atoms with E-state index < -0.39 is 35.8 Å². The van der Waals surface area contributed by atoms with E-state index in [9.17, 15) is 31.0 Å². The molecule has 0 aromatic heterocycles. The molecule has 0 aliphatic carbocycles. The van der Waals surface area contributed by atoms with Gasteiger partial charge in [-0.1, -0.05) is 48.2 Å². The minimum atomic E-state index is -4.80. The average Bonchev–Trinajstić information content (AvgIpc) is 2.70. The van der Waals surface area contributed by atoms with Gasteiger partial charge in [0.05, 0.1) is 16.3 Å². The van der Waals surface area contributed by atoms with E-state index >= 15 is 0 Å². The molecule has 158 valence electrons. The second-order valence-electron chi connectivity index (χ2n) is 6.59. The Morgan fingerprint density at radius 1 is 0.781 bits per heavy atom. The first-order valence-corrected chi connectivity index (χ1v) is 11.5. The van der Waals surface area contributed by atoms with Crippen LogP contribution in [0, 0.1) is 0 Å². The first kappa shape index (κ1) is 24.8. The largest absolute Gasteiger partial charge is 2.00 e. The van der Waals surface area contributed by atoms with Crippen molar-refractivity contribution in [3.63, 3.8) is 0 Å². The summed E-state index contributed by atoms with van der Waals surface area (Å²) in [5.74, 6) is -0.405. The molecule has 0 spiro atoms. The van der Waals surface area contributed by atoms with Crippen molar-refractivity contribution in [3.8, 4) is 5.75 Å². The Bertz CT molecular complexity index is 1600. The third-order valence-corrected chi connectivity index (χ3v) is 6.29.